The molecule has 1 amide bonds. The number of ether oxygens (including phenoxy) is 2. The largest absolute Gasteiger partial charge is 0.489 e. The number of morpholine rings is 1. The van der Waals surface area contributed by atoms with Crippen LogP contribution in [-0.4, -0.2) is 69.5 Å². The van der Waals surface area contributed by atoms with Gasteiger partial charge in [-0.1, -0.05) is 30.3 Å². The second-order valence-corrected chi connectivity index (χ2v) is 9.99. The van der Waals surface area contributed by atoms with Crippen molar-refractivity contribution in [1.29, 1.82) is 0 Å². The summed E-state index contributed by atoms with van der Waals surface area (Å²) in [5.74, 6) is 0.179. The zero-order valence-corrected chi connectivity index (χ0v) is 19.6. The zero-order chi connectivity index (χ0) is 23.1. The molecule has 1 heterocycles. The molecule has 8 nitrogen and oxygen atoms in total. The molecule has 0 bridgehead atoms. The summed E-state index contributed by atoms with van der Waals surface area (Å²) >= 11 is 0. The van der Waals surface area contributed by atoms with Crippen LogP contribution in [0.5, 0.6) is 5.75 Å². The van der Waals surface area contributed by atoms with Crippen LogP contribution in [0.3, 0.4) is 0 Å². The number of sulfonamides is 1. The van der Waals surface area contributed by atoms with Crippen molar-refractivity contribution in [3.8, 4) is 5.75 Å². The van der Waals surface area contributed by atoms with Crippen molar-refractivity contribution in [3.05, 3.63) is 54.1 Å². The number of carbonyl (C=O) groups is 1. The van der Waals surface area contributed by atoms with Crippen molar-refractivity contribution in [2.75, 3.05) is 45.2 Å². The minimum atomic E-state index is -3.69. The molecule has 3 rings (SSSR count). The maximum Gasteiger partial charge on any atom is 0.243 e. The SMILES string of the molecule is CC(C)Oc1ccc(S(=O)(=O)N2CCOCC2)cc1NC(=O)CN(C)Cc1ccccc1. The highest BCUT2D eigenvalue weighted by Gasteiger charge is 2.27. The summed E-state index contributed by atoms with van der Waals surface area (Å²) in [5.41, 5.74) is 1.44. The molecular weight excluding hydrogens is 430 g/mol. The molecule has 0 saturated carbocycles. The van der Waals surface area contributed by atoms with E-state index in [1.165, 1.54) is 16.4 Å². The number of hydrogen-bond acceptors (Lipinski definition) is 6. The number of nitrogens with zero attached hydrogens (tertiary/aromatic N) is 2. The summed E-state index contributed by atoms with van der Waals surface area (Å²) in [5, 5.41) is 2.83. The highest BCUT2D eigenvalue weighted by atomic mass is 32.2. The number of hydrogen-bond donors (Lipinski definition) is 1. The monoisotopic (exact) mass is 461 g/mol. The van der Waals surface area contributed by atoms with E-state index in [1.54, 1.807) is 6.07 Å². The van der Waals surface area contributed by atoms with Crippen molar-refractivity contribution in [1.82, 2.24) is 9.21 Å². The Morgan fingerprint density at radius 3 is 2.50 bits per heavy atom. The third kappa shape index (κ3) is 6.52. The predicted molar refractivity (Wildman–Crippen MR) is 123 cm³/mol. The maximum absolute atomic E-state index is 13.0. The van der Waals surface area contributed by atoms with E-state index >= 15 is 0 Å². The van der Waals surface area contributed by atoms with Gasteiger partial charge in [-0.25, -0.2) is 8.42 Å². The molecule has 2 aromatic rings. The van der Waals surface area contributed by atoms with Crippen LogP contribution in [0.25, 0.3) is 0 Å². The molecule has 0 atom stereocenters. The predicted octanol–water partition coefficient (Wildman–Crippen LogP) is 2.57. The Kier molecular flexibility index (Phi) is 8.25. The number of anilines is 1. The van der Waals surface area contributed by atoms with Crippen LogP contribution < -0.4 is 10.1 Å². The van der Waals surface area contributed by atoms with Crippen molar-refractivity contribution in [2.45, 2.75) is 31.4 Å². The number of nitrogens with one attached hydrogen (secondary N) is 1. The lowest BCUT2D eigenvalue weighted by atomic mass is 10.2. The fraction of sp³-hybridized carbons (Fsp3) is 0.435. The normalized spacial score (nSPS) is 15.2. The lowest BCUT2D eigenvalue weighted by Gasteiger charge is -2.26. The van der Waals surface area contributed by atoms with Gasteiger partial charge in [0, 0.05) is 19.6 Å². The van der Waals surface area contributed by atoms with E-state index in [-0.39, 0.29) is 23.5 Å². The third-order valence-electron chi connectivity index (χ3n) is 4.90. The first-order valence-electron chi connectivity index (χ1n) is 10.7. The zero-order valence-electron chi connectivity index (χ0n) is 18.8. The highest BCUT2D eigenvalue weighted by Crippen LogP contribution is 2.30. The minimum absolute atomic E-state index is 0.114. The quantitative estimate of drug-likeness (QED) is 0.618. The lowest BCUT2D eigenvalue weighted by molar-refractivity contribution is -0.117. The molecule has 0 radical (unpaired) electrons. The van der Waals surface area contributed by atoms with Crippen molar-refractivity contribution in [3.63, 3.8) is 0 Å². The standard InChI is InChI=1S/C23H31N3O5S/c1-18(2)31-22-10-9-20(32(28,29)26-11-13-30-14-12-26)15-21(22)24-23(27)17-25(3)16-19-7-5-4-6-8-19/h4-10,15,18H,11-14,16-17H2,1-3H3,(H,24,27). The molecular formula is C23H31N3O5S. The Bertz CT molecular complexity index is 1010. The molecule has 0 aromatic heterocycles. The Labute approximate surface area is 190 Å². The third-order valence-corrected chi connectivity index (χ3v) is 6.80. The second kappa shape index (κ2) is 10.9. The minimum Gasteiger partial charge on any atom is -0.489 e. The molecule has 1 aliphatic rings. The fourth-order valence-electron chi connectivity index (χ4n) is 3.45. The first kappa shape index (κ1) is 24.2. The number of likely N-dealkylation sites (N-methyl/N-ethyl adjacent to an activating group) is 1. The van der Waals surface area contributed by atoms with Crippen molar-refractivity contribution in [2.24, 2.45) is 0 Å². The van der Waals surface area contributed by atoms with Gasteiger partial charge in [-0.2, -0.15) is 4.31 Å². The van der Waals surface area contributed by atoms with E-state index in [0.29, 0.717) is 44.3 Å². The topological polar surface area (TPSA) is 88.2 Å². The van der Waals surface area contributed by atoms with Crippen molar-refractivity contribution < 1.29 is 22.7 Å². The molecule has 0 unspecified atom stereocenters. The summed E-state index contributed by atoms with van der Waals surface area (Å²) in [6, 6.07) is 14.4. The van der Waals surface area contributed by atoms with Crippen LogP contribution >= 0.6 is 0 Å². The van der Waals surface area contributed by atoms with Gasteiger partial charge >= 0.3 is 0 Å². The number of rotatable bonds is 9. The number of carbonyl (C=O) groups excluding carboxylic acids is 1. The van der Waals surface area contributed by atoms with Gasteiger partial charge in [0.25, 0.3) is 0 Å². The van der Waals surface area contributed by atoms with Gasteiger partial charge in [-0.15, -0.1) is 0 Å². The van der Waals surface area contributed by atoms with Gasteiger partial charge in [0.2, 0.25) is 15.9 Å². The highest BCUT2D eigenvalue weighted by molar-refractivity contribution is 7.89. The second-order valence-electron chi connectivity index (χ2n) is 8.05. The van der Waals surface area contributed by atoms with Gasteiger partial charge in [0.05, 0.1) is 36.4 Å². The van der Waals surface area contributed by atoms with Gasteiger partial charge < -0.3 is 14.8 Å². The molecule has 1 N–H and O–H groups in total. The molecule has 2 aromatic carbocycles. The smallest absolute Gasteiger partial charge is 0.243 e. The summed E-state index contributed by atoms with van der Waals surface area (Å²) in [6.07, 6.45) is -0.131. The van der Waals surface area contributed by atoms with E-state index in [9.17, 15) is 13.2 Å². The molecule has 9 heteroatoms. The van der Waals surface area contributed by atoms with E-state index in [4.69, 9.17) is 9.47 Å². The molecule has 32 heavy (non-hydrogen) atoms. The van der Waals surface area contributed by atoms with Gasteiger partial charge in [0.1, 0.15) is 5.75 Å². The van der Waals surface area contributed by atoms with E-state index in [2.05, 4.69) is 5.32 Å². The first-order valence-corrected chi connectivity index (χ1v) is 12.1. The van der Waals surface area contributed by atoms with Crippen LogP contribution in [0.4, 0.5) is 5.69 Å². The molecule has 1 aliphatic heterocycles. The van der Waals surface area contributed by atoms with Crippen molar-refractivity contribution >= 4 is 21.6 Å². The van der Waals surface area contributed by atoms with Crippen LogP contribution in [0.15, 0.2) is 53.4 Å². The van der Waals surface area contributed by atoms with Gasteiger partial charge in [0.15, 0.2) is 0 Å². The van der Waals surface area contributed by atoms with Crippen LogP contribution in [0, 0.1) is 0 Å². The molecule has 174 valence electrons. The summed E-state index contributed by atoms with van der Waals surface area (Å²) in [4.78, 5) is 14.7. The summed E-state index contributed by atoms with van der Waals surface area (Å²) in [6.45, 7) is 5.86. The Morgan fingerprint density at radius 1 is 1.16 bits per heavy atom. The van der Waals surface area contributed by atoms with Gasteiger partial charge in [-0.05, 0) is 44.7 Å². The van der Waals surface area contributed by atoms with E-state index < -0.39 is 10.0 Å². The van der Waals surface area contributed by atoms with E-state index in [0.717, 1.165) is 5.56 Å². The molecule has 0 spiro atoms. The Hall–Kier alpha value is -2.46. The Morgan fingerprint density at radius 2 is 1.84 bits per heavy atom. The van der Waals surface area contributed by atoms with Crippen LogP contribution in [0.2, 0.25) is 0 Å². The van der Waals surface area contributed by atoms with Gasteiger partial charge in [-0.3, -0.25) is 9.69 Å². The first-order chi connectivity index (χ1) is 15.3. The number of benzene rings is 2. The average molecular weight is 462 g/mol. The van der Waals surface area contributed by atoms with Crippen LogP contribution in [0.1, 0.15) is 19.4 Å². The van der Waals surface area contributed by atoms with Crippen LogP contribution in [-0.2, 0) is 26.1 Å². The fourth-order valence-corrected chi connectivity index (χ4v) is 4.88. The lowest BCUT2D eigenvalue weighted by Crippen LogP contribution is -2.40. The Balaban J connectivity index is 1.76. The summed E-state index contributed by atoms with van der Waals surface area (Å²) in [7, 11) is -1.83. The molecule has 1 saturated heterocycles. The molecule has 0 aliphatic carbocycles. The van der Waals surface area contributed by atoms with E-state index in [1.807, 2.05) is 56.1 Å². The molecule has 1 fully saturated rings. The summed E-state index contributed by atoms with van der Waals surface area (Å²) < 4.78 is 38.6. The number of amides is 1. The average Bonchev–Trinajstić information content (AvgIpc) is 2.75. The maximum atomic E-state index is 13.0.